The second-order valence-corrected chi connectivity index (χ2v) is 8.76. The zero-order chi connectivity index (χ0) is 23.8. The molecule has 1 aliphatic heterocycles. The lowest BCUT2D eigenvalue weighted by Crippen LogP contribution is -2.46. The van der Waals surface area contributed by atoms with E-state index in [1.54, 1.807) is 17.8 Å². The smallest absolute Gasteiger partial charge is 0.254 e. The Morgan fingerprint density at radius 1 is 1.03 bits per heavy atom. The maximum Gasteiger partial charge on any atom is 0.254 e. The van der Waals surface area contributed by atoms with Gasteiger partial charge in [-0.25, -0.2) is 4.98 Å². The van der Waals surface area contributed by atoms with Gasteiger partial charge >= 0.3 is 0 Å². The second kappa shape index (κ2) is 8.91. The van der Waals surface area contributed by atoms with Gasteiger partial charge in [-0.2, -0.15) is 0 Å². The molecule has 0 spiro atoms. The highest BCUT2D eigenvalue weighted by atomic mass is 16.2. The van der Waals surface area contributed by atoms with Crippen LogP contribution in [-0.4, -0.2) is 50.9 Å². The van der Waals surface area contributed by atoms with Gasteiger partial charge in [0.2, 0.25) is 0 Å². The van der Waals surface area contributed by atoms with Gasteiger partial charge in [-0.1, -0.05) is 31.2 Å². The zero-order valence-corrected chi connectivity index (χ0v) is 19.8. The Bertz CT molecular complexity index is 1440. The van der Waals surface area contributed by atoms with E-state index in [-0.39, 0.29) is 11.5 Å². The topological polar surface area (TPSA) is 71.6 Å². The summed E-state index contributed by atoms with van der Waals surface area (Å²) in [4.78, 5) is 32.5. The van der Waals surface area contributed by atoms with Crippen LogP contribution in [0.4, 0.5) is 0 Å². The Morgan fingerprint density at radius 3 is 2.50 bits per heavy atom. The van der Waals surface area contributed by atoms with E-state index in [0.29, 0.717) is 24.2 Å². The molecule has 0 unspecified atom stereocenters. The molecule has 0 atom stereocenters. The number of benzene rings is 1. The minimum atomic E-state index is -0.00548. The van der Waals surface area contributed by atoms with E-state index < -0.39 is 0 Å². The van der Waals surface area contributed by atoms with Gasteiger partial charge in [0.25, 0.3) is 11.5 Å². The summed E-state index contributed by atoms with van der Waals surface area (Å²) in [7, 11) is 1.77. The molecule has 0 aliphatic carbocycles. The molecule has 34 heavy (non-hydrogen) atoms. The molecule has 174 valence electrons. The monoisotopic (exact) mass is 455 g/mol. The lowest BCUT2D eigenvalue weighted by Gasteiger charge is -2.27. The van der Waals surface area contributed by atoms with Crippen molar-refractivity contribution in [2.75, 3.05) is 26.2 Å². The summed E-state index contributed by atoms with van der Waals surface area (Å²) in [6, 6.07) is 13.8. The van der Waals surface area contributed by atoms with Gasteiger partial charge in [-0.05, 0) is 42.7 Å². The minimum absolute atomic E-state index is 0.00548. The summed E-state index contributed by atoms with van der Waals surface area (Å²) < 4.78 is 3.66. The third kappa shape index (κ3) is 3.72. The first-order valence-electron chi connectivity index (χ1n) is 11.8. The molecule has 4 heterocycles. The first-order chi connectivity index (χ1) is 16.5. The molecule has 7 nitrogen and oxygen atoms in total. The maximum atomic E-state index is 13.0. The fourth-order valence-corrected chi connectivity index (χ4v) is 4.81. The number of hydrogen-bond acceptors (Lipinski definition) is 4. The molecule has 5 rings (SSSR count). The normalized spacial score (nSPS) is 14.0. The number of amides is 1. The highest BCUT2D eigenvalue weighted by Gasteiger charge is 2.21. The molecule has 0 bridgehead atoms. The number of nitrogens with one attached hydrogen (secondary N) is 1. The van der Waals surface area contributed by atoms with Crippen molar-refractivity contribution in [2.24, 2.45) is 7.05 Å². The van der Waals surface area contributed by atoms with Crippen LogP contribution in [0.15, 0.2) is 59.7 Å². The van der Waals surface area contributed by atoms with Gasteiger partial charge in [0.15, 0.2) is 0 Å². The molecule has 1 saturated heterocycles. The van der Waals surface area contributed by atoms with E-state index in [1.165, 1.54) is 0 Å². The summed E-state index contributed by atoms with van der Waals surface area (Å²) >= 11 is 0. The van der Waals surface area contributed by atoms with Crippen LogP contribution < -0.4 is 10.9 Å². The quantitative estimate of drug-likeness (QED) is 0.513. The molecule has 0 radical (unpaired) electrons. The van der Waals surface area contributed by atoms with Crippen molar-refractivity contribution in [1.29, 1.82) is 0 Å². The van der Waals surface area contributed by atoms with E-state index in [2.05, 4.69) is 22.7 Å². The van der Waals surface area contributed by atoms with Crippen molar-refractivity contribution >= 4 is 11.6 Å². The minimum Gasteiger partial charge on any atom is -0.336 e. The summed E-state index contributed by atoms with van der Waals surface area (Å²) in [5.74, 6) is 0.0442. The number of pyridine rings is 2. The maximum absolute atomic E-state index is 13.0. The Hall–Kier alpha value is -3.71. The van der Waals surface area contributed by atoms with E-state index in [1.807, 2.05) is 54.4 Å². The average molecular weight is 456 g/mol. The van der Waals surface area contributed by atoms with E-state index in [0.717, 1.165) is 53.2 Å². The van der Waals surface area contributed by atoms with Crippen LogP contribution in [0.25, 0.3) is 28.0 Å². The molecule has 7 heteroatoms. The number of imidazole rings is 1. The summed E-state index contributed by atoms with van der Waals surface area (Å²) in [5.41, 5.74) is 6.94. The number of aromatic nitrogens is 3. The van der Waals surface area contributed by atoms with E-state index >= 15 is 0 Å². The summed E-state index contributed by atoms with van der Waals surface area (Å²) in [6.07, 6.45) is 4.54. The largest absolute Gasteiger partial charge is 0.336 e. The molecular formula is C27H29N5O2. The fraction of sp³-hybridized carbons (Fsp3) is 0.296. The average Bonchev–Trinajstić information content (AvgIpc) is 3.25. The molecule has 3 aromatic heterocycles. The number of fused-ring (bicyclic) bond motifs is 1. The third-order valence-electron chi connectivity index (χ3n) is 6.69. The molecule has 1 amide bonds. The molecule has 4 aromatic rings. The molecule has 1 N–H and O–H groups in total. The van der Waals surface area contributed by atoms with Crippen molar-refractivity contribution in [2.45, 2.75) is 20.3 Å². The third-order valence-corrected chi connectivity index (χ3v) is 6.69. The van der Waals surface area contributed by atoms with Gasteiger partial charge in [0.1, 0.15) is 5.65 Å². The SMILES string of the molecule is CCc1c(-c2ccccc2-c2ccn(C)c(=O)c2C)nc2cc(C(=O)N3CCNCC3)ccn12. The van der Waals surface area contributed by atoms with Crippen LogP contribution in [0.1, 0.15) is 28.5 Å². The number of carbonyl (C=O) groups is 1. The molecule has 1 aromatic carbocycles. The van der Waals surface area contributed by atoms with E-state index in [9.17, 15) is 9.59 Å². The summed E-state index contributed by atoms with van der Waals surface area (Å²) in [5, 5.41) is 3.29. The van der Waals surface area contributed by atoms with Crippen molar-refractivity contribution < 1.29 is 4.79 Å². The lowest BCUT2D eigenvalue weighted by atomic mass is 9.94. The Balaban J connectivity index is 1.63. The predicted octanol–water partition coefficient (Wildman–Crippen LogP) is 3.28. The second-order valence-electron chi connectivity index (χ2n) is 8.76. The molecule has 1 aliphatic rings. The first-order valence-corrected chi connectivity index (χ1v) is 11.8. The number of carbonyl (C=O) groups excluding carboxylic acids is 1. The van der Waals surface area contributed by atoms with Crippen molar-refractivity contribution in [3.05, 3.63) is 82.0 Å². The fourth-order valence-electron chi connectivity index (χ4n) is 4.81. The van der Waals surface area contributed by atoms with Crippen LogP contribution in [-0.2, 0) is 13.5 Å². The van der Waals surface area contributed by atoms with Gasteiger partial charge in [0.05, 0.1) is 11.4 Å². The summed E-state index contributed by atoms with van der Waals surface area (Å²) in [6.45, 7) is 7.05. The molecular weight excluding hydrogens is 426 g/mol. The highest BCUT2D eigenvalue weighted by molar-refractivity contribution is 5.95. The van der Waals surface area contributed by atoms with Crippen LogP contribution in [0, 0.1) is 6.92 Å². The first kappa shape index (κ1) is 22.1. The van der Waals surface area contributed by atoms with Gasteiger partial charge < -0.3 is 19.2 Å². The van der Waals surface area contributed by atoms with Gasteiger partial charge in [-0.3, -0.25) is 9.59 Å². The predicted molar refractivity (Wildman–Crippen MR) is 134 cm³/mol. The zero-order valence-electron chi connectivity index (χ0n) is 19.8. The van der Waals surface area contributed by atoms with Crippen molar-refractivity contribution in [3.63, 3.8) is 0 Å². The standard InChI is InChI=1S/C27H29N5O2/c1-4-23-25(22-8-6-5-7-21(22)20-10-13-30(3)26(33)18(20)2)29-24-17-19(9-14-32(23)24)27(34)31-15-11-28-12-16-31/h5-10,13-14,17,28H,4,11-12,15-16H2,1-3H3. The molecule has 1 fully saturated rings. The van der Waals surface area contributed by atoms with Crippen molar-refractivity contribution in [3.8, 4) is 22.4 Å². The number of rotatable bonds is 4. The Morgan fingerprint density at radius 2 is 1.76 bits per heavy atom. The lowest BCUT2D eigenvalue weighted by molar-refractivity contribution is 0.0736. The molecule has 0 saturated carbocycles. The number of aryl methyl sites for hydroxylation is 2. The number of hydrogen-bond donors (Lipinski definition) is 1. The van der Waals surface area contributed by atoms with Crippen LogP contribution >= 0.6 is 0 Å². The Labute approximate surface area is 198 Å². The van der Waals surface area contributed by atoms with Gasteiger partial charge in [0, 0.05) is 62.3 Å². The van der Waals surface area contributed by atoms with Crippen LogP contribution in [0.2, 0.25) is 0 Å². The Kier molecular flexibility index (Phi) is 5.79. The van der Waals surface area contributed by atoms with Crippen molar-refractivity contribution in [1.82, 2.24) is 24.2 Å². The van der Waals surface area contributed by atoms with Crippen LogP contribution in [0.3, 0.4) is 0 Å². The van der Waals surface area contributed by atoms with Crippen LogP contribution in [0.5, 0.6) is 0 Å². The van der Waals surface area contributed by atoms with E-state index in [4.69, 9.17) is 4.98 Å². The highest BCUT2D eigenvalue weighted by Crippen LogP contribution is 2.35. The number of nitrogens with zero attached hydrogens (tertiary/aromatic N) is 4. The van der Waals surface area contributed by atoms with Gasteiger partial charge in [-0.15, -0.1) is 0 Å². The number of piperazine rings is 1.